The Morgan fingerprint density at radius 2 is 1.65 bits per heavy atom. The average molecular weight is 490 g/mol. The number of hydrogen-bond acceptors (Lipinski definition) is 7. The van der Waals surface area contributed by atoms with E-state index in [4.69, 9.17) is 0 Å². The van der Waals surface area contributed by atoms with Crippen molar-refractivity contribution < 1.29 is 22.7 Å². The van der Waals surface area contributed by atoms with E-state index in [0.29, 0.717) is 10.7 Å². The molecule has 11 heteroatoms. The first-order valence-electron chi connectivity index (χ1n) is 10.5. The van der Waals surface area contributed by atoms with Gasteiger partial charge in [0.15, 0.2) is 0 Å². The number of carbonyl (C=O) groups is 1. The standard InChI is InChI=1S/C23H22F3N5O2S/c24-23(25,26)33-19-8-6-17(7-9-19)29-21(32)15-34-22-14-20(27-16-28-22)31-12-10-30(11-13-31)18-4-2-1-3-5-18/h1-9,14,16H,10-13,15H2,(H,29,32). The van der Waals surface area contributed by atoms with Crippen molar-refractivity contribution in [2.45, 2.75) is 11.4 Å². The van der Waals surface area contributed by atoms with E-state index in [0.717, 1.165) is 44.1 Å². The molecule has 0 radical (unpaired) electrons. The van der Waals surface area contributed by atoms with Crippen LogP contribution < -0.4 is 19.9 Å². The Morgan fingerprint density at radius 1 is 0.971 bits per heavy atom. The molecule has 3 aromatic rings. The summed E-state index contributed by atoms with van der Waals surface area (Å²) in [4.78, 5) is 25.4. The monoisotopic (exact) mass is 489 g/mol. The SMILES string of the molecule is O=C(CSc1cc(N2CCN(c3ccccc3)CC2)ncn1)Nc1ccc(OC(F)(F)F)cc1. The minimum absolute atomic E-state index is 0.0963. The Bertz CT molecular complexity index is 1090. The molecule has 4 rings (SSSR count). The van der Waals surface area contributed by atoms with Crippen LogP contribution in [0.4, 0.5) is 30.4 Å². The van der Waals surface area contributed by atoms with E-state index in [1.54, 1.807) is 0 Å². The molecule has 2 heterocycles. The topological polar surface area (TPSA) is 70.6 Å². The van der Waals surface area contributed by atoms with Crippen LogP contribution in [0.2, 0.25) is 0 Å². The maximum absolute atomic E-state index is 12.3. The maximum Gasteiger partial charge on any atom is 0.573 e. The van der Waals surface area contributed by atoms with Crippen molar-refractivity contribution in [1.29, 1.82) is 0 Å². The number of thioether (sulfide) groups is 1. The molecule has 2 aromatic carbocycles. The van der Waals surface area contributed by atoms with Gasteiger partial charge in [-0.25, -0.2) is 9.97 Å². The lowest BCUT2D eigenvalue weighted by molar-refractivity contribution is -0.274. The van der Waals surface area contributed by atoms with Crippen LogP contribution in [-0.4, -0.2) is 54.2 Å². The van der Waals surface area contributed by atoms with Crippen LogP contribution in [0.3, 0.4) is 0 Å². The first-order chi connectivity index (χ1) is 16.4. The number of rotatable bonds is 7. The molecule has 1 aromatic heterocycles. The van der Waals surface area contributed by atoms with Crippen molar-refractivity contribution in [2.24, 2.45) is 0 Å². The Kier molecular flexibility index (Phi) is 7.41. The molecule has 1 amide bonds. The summed E-state index contributed by atoms with van der Waals surface area (Å²) in [6.45, 7) is 3.41. The lowest BCUT2D eigenvalue weighted by Crippen LogP contribution is -2.46. The van der Waals surface area contributed by atoms with Gasteiger partial charge in [0.1, 0.15) is 22.9 Å². The lowest BCUT2D eigenvalue weighted by Gasteiger charge is -2.36. The number of amides is 1. The molecule has 1 fully saturated rings. The van der Waals surface area contributed by atoms with Gasteiger partial charge in [-0.3, -0.25) is 4.79 Å². The minimum Gasteiger partial charge on any atom is -0.406 e. The van der Waals surface area contributed by atoms with Crippen molar-refractivity contribution in [2.75, 3.05) is 47.0 Å². The molecule has 0 atom stereocenters. The summed E-state index contributed by atoms with van der Waals surface area (Å²) in [5.41, 5.74) is 1.58. The van der Waals surface area contributed by atoms with Gasteiger partial charge >= 0.3 is 6.36 Å². The molecule has 178 valence electrons. The third kappa shape index (κ3) is 6.77. The van der Waals surface area contributed by atoms with Crippen LogP contribution in [0.5, 0.6) is 5.75 Å². The second-order valence-corrected chi connectivity index (χ2v) is 8.43. The molecule has 1 aliphatic heterocycles. The highest BCUT2D eigenvalue weighted by molar-refractivity contribution is 7.99. The molecule has 0 aliphatic carbocycles. The Morgan fingerprint density at radius 3 is 2.32 bits per heavy atom. The normalized spacial score (nSPS) is 14.1. The third-order valence-corrected chi connectivity index (χ3v) is 6.00. The van der Waals surface area contributed by atoms with Crippen LogP contribution in [0.25, 0.3) is 0 Å². The fraction of sp³-hybridized carbons (Fsp3) is 0.261. The van der Waals surface area contributed by atoms with E-state index in [-0.39, 0.29) is 17.4 Å². The van der Waals surface area contributed by atoms with Gasteiger partial charge in [-0.1, -0.05) is 30.0 Å². The van der Waals surface area contributed by atoms with Gasteiger partial charge in [0.2, 0.25) is 5.91 Å². The summed E-state index contributed by atoms with van der Waals surface area (Å²) in [5, 5.41) is 3.31. The molecule has 1 saturated heterocycles. The highest BCUT2D eigenvalue weighted by atomic mass is 32.2. The van der Waals surface area contributed by atoms with Crippen molar-refractivity contribution in [3.8, 4) is 5.75 Å². The predicted molar refractivity (Wildman–Crippen MR) is 125 cm³/mol. The van der Waals surface area contributed by atoms with Crippen molar-refractivity contribution >= 4 is 34.9 Å². The van der Waals surface area contributed by atoms with Crippen molar-refractivity contribution in [3.63, 3.8) is 0 Å². The smallest absolute Gasteiger partial charge is 0.406 e. The number of alkyl halides is 3. The summed E-state index contributed by atoms with van der Waals surface area (Å²) >= 11 is 1.26. The van der Waals surface area contributed by atoms with E-state index in [1.807, 2.05) is 24.3 Å². The zero-order valence-electron chi connectivity index (χ0n) is 18.0. The number of hydrogen-bond donors (Lipinski definition) is 1. The molecular weight excluding hydrogens is 467 g/mol. The quantitative estimate of drug-likeness (QED) is 0.389. The van der Waals surface area contributed by atoms with Crippen LogP contribution in [0.15, 0.2) is 72.0 Å². The molecule has 0 bridgehead atoms. The summed E-state index contributed by atoms with van der Waals surface area (Å²) < 4.78 is 40.5. The second-order valence-electron chi connectivity index (χ2n) is 7.43. The number of piperazine rings is 1. The van der Waals surface area contributed by atoms with Gasteiger partial charge in [-0.15, -0.1) is 13.2 Å². The Labute approximate surface area is 198 Å². The van der Waals surface area contributed by atoms with E-state index < -0.39 is 6.36 Å². The second kappa shape index (κ2) is 10.6. The number of ether oxygens (including phenoxy) is 1. The average Bonchev–Trinajstić information content (AvgIpc) is 2.84. The maximum atomic E-state index is 12.3. The number of benzene rings is 2. The predicted octanol–water partition coefficient (Wildman–Crippen LogP) is 4.43. The number of aromatic nitrogens is 2. The van der Waals surface area contributed by atoms with Gasteiger partial charge in [0.25, 0.3) is 0 Å². The Balaban J connectivity index is 1.26. The van der Waals surface area contributed by atoms with Crippen molar-refractivity contribution in [1.82, 2.24) is 9.97 Å². The van der Waals surface area contributed by atoms with E-state index >= 15 is 0 Å². The van der Waals surface area contributed by atoms with Gasteiger partial charge in [-0.05, 0) is 36.4 Å². The number of anilines is 3. The summed E-state index contributed by atoms with van der Waals surface area (Å²) in [6, 6.07) is 17.1. The summed E-state index contributed by atoms with van der Waals surface area (Å²) in [7, 11) is 0. The first-order valence-corrected chi connectivity index (χ1v) is 11.5. The third-order valence-electron chi connectivity index (χ3n) is 5.08. The van der Waals surface area contributed by atoms with Crippen molar-refractivity contribution in [3.05, 3.63) is 67.0 Å². The van der Waals surface area contributed by atoms with E-state index in [1.165, 1.54) is 35.9 Å². The molecule has 34 heavy (non-hydrogen) atoms. The van der Waals surface area contributed by atoms with Gasteiger partial charge in [0.05, 0.1) is 5.75 Å². The lowest BCUT2D eigenvalue weighted by atomic mass is 10.2. The number of halogens is 3. The fourth-order valence-electron chi connectivity index (χ4n) is 3.49. The van der Waals surface area contributed by atoms with Gasteiger partial charge < -0.3 is 19.9 Å². The van der Waals surface area contributed by atoms with Gasteiger partial charge in [0, 0.05) is 43.6 Å². The minimum atomic E-state index is -4.76. The Hall–Kier alpha value is -3.47. The number of para-hydroxylation sites is 1. The van der Waals surface area contributed by atoms with E-state index in [9.17, 15) is 18.0 Å². The highest BCUT2D eigenvalue weighted by Gasteiger charge is 2.31. The first kappa shape index (κ1) is 23.7. The molecule has 0 saturated carbocycles. The molecule has 0 spiro atoms. The number of nitrogens with one attached hydrogen (secondary N) is 1. The van der Waals surface area contributed by atoms with Crippen LogP contribution in [0.1, 0.15) is 0 Å². The van der Waals surface area contributed by atoms with E-state index in [2.05, 4.69) is 42.0 Å². The highest BCUT2D eigenvalue weighted by Crippen LogP contribution is 2.25. The van der Waals surface area contributed by atoms with Crippen LogP contribution >= 0.6 is 11.8 Å². The molecule has 7 nitrogen and oxygen atoms in total. The summed E-state index contributed by atoms with van der Waals surface area (Å²) in [6.07, 6.45) is -3.27. The van der Waals surface area contributed by atoms with Gasteiger partial charge in [-0.2, -0.15) is 0 Å². The largest absolute Gasteiger partial charge is 0.573 e. The molecule has 1 N–H and O–H groups in total. The molecule has 0 unspecified atom stereocenters. The number of carbonyl (C=O) groups excluding carboxylic acids is 1. The fourth-order valence-corrected chi connectivity index (χ4v) is 4.15. The summed E-state index contributed by atoms with van der Waals surface area (Å²) in [5.74, 6) is 0.258. The zero-order chi connectivity index (χ0) is 24.0. The zero-order valence-corrected chi connectivity index (χ0v) is 18.9. The number of nitrogens with zero attached hydrogens (tertiary/aromatic N) is 4. The van der Waals surface area contributed by atoms with Crippen LogP contribution in [0, 0.1) is 0 Å². The molecule has 1 aliphatic rings. The van der Waals surface area contributed by atoms with Crippen LogP contribution in [-0.2, 0) is 4.79 Å². The molecular formula is C23H22F3N5O2S.